The van der Waals surface area contributed by atoms with Crippen LogP contribution >= 0.6 is 0 Å². The monoisotopic (exact) mass is 469 g/mol. The van der Waals surface area contributed by atoms with Gasteiger partial charge in [-0.1, -0.05) is 37.5 Å². The molecule has 35 heavy (non-hydrogen) atoms. The number of carboxylic acids is 1. The van der Waals surface area contributed by atoms with Crippen LogP contribution < -0.4 is 0 Å². The van der Waals surface area contributed by atoms with Gasteiger partial charge in [0.25, 0.3) is 0 Å². The van der Waals surface area contributed by atoms with Crippen molar-refractivity contribution in [3.8, 4) is 5.69 Å². The van der Waals surface area contributed by atoms with Gasteiger partial charge in [-0.25, -0.2) is 9.48 Å². The van der Waals surface area contributed by atoms with E-state index < -0.39 is 5.97 Å². The predicted octanol–water partition coefficient (Wildman–Crippen LogP) is 5.64. The molecule has 1 aromatic heterocycles. The van der Waals surface area contributed by atoms with Crippen molar-refractivity contribution in [1.82, 2.24) is 14.7 Å². The van der Waals surface area contributed by atoms with E-state index in [1.807, 2.05) is 35.1 Å². The molecule has 5 rings (SSSR count). The molecule has 0 aliphatic heterocycles. The third-order valence-corrected chi connectivity index (χ3v) is 7.42. The Morgan fingerprint density at radius 3 is 2.51 bits per heavy atom. The molecule has 1 saturated carbocycles. The fraction of sp³-hybridized carbons (Fsp3) is 0.345. The number of allylic oxidation sites excluding steroid dienone is 2. The molecule has 2 aliphatic rings. The van der Waals surface area contributed by atoms with Gasteiger partial charge in [-0.15, -0.1) is 0 Å². The van der Waals surface area contributed by atoms with Crippen LogP contribution in [-0.4, -0.2) is 45.8 Å². The average Bonchev–Trinajstić information content (AvgIpc) is 3.51. The number of carbonyl (C=O) groups is 2. The highest BCUT2D eigenvalue weighted by Crippen LogP contribution is 2.54. The van der Waals surface area contributed by atoms with E-state index in [1.165, 1.54) is 30.4 Å². The normalized spacial score (nSPS) is 17.9. The van der Waals surface area contributed by atoms with Crippen molar-refractivity contribution in [2.45, 2.75) is 44.4 Å². The van der Waals surface area contributed by atoms with Gasteiger partial charge in [-0.2, -0.15) is 5.10 Å². The molecule has 2 aliphatic carbocycles. The number of nitrogens with zero attached hydrogens (tertiary/aromatic N) is 3. The number of aromatic nitrogens is 2. The standard InChI is InChI=1S/C29H31N3O3/c1-31(2)26(33)18-25-24-17-21(29(34)35)12-13-23(24)27(19-8-4-3-5-9-19)28(25)20-10-6-11-22(16-20)32-15-7-14-30-32/h6-7,10-17,19,25H,3-5,8-9,18H2,1-2H3,(H,34,35). The van der Waals surface area contributed by atoms with Crippen molar-refractivity contribution in [1.29, 1.82) is 0 Å². The van der Waals surface area contributed by atoms with Crippen molar-refractivity contribution >= 4 is 23.0 Å². The quantitative estimate of drug-likeness (QED) is 0.507. The summed E-state index contributed by atoms with van der Waals surface area (Å²) in [6.07, 6.45) is 9.86. The Labute approximate surface area is 205 Å². The van der Waals surface area contributed by atoms with Crippen LogP contribution in [0.15, 0.2) is 60.9 Å². The first kappa shape index (κ1) is 23.1. The second-order valence-electron chi connectivity index (χ2n) is 9.82. The highest BCUT2D eigenvalue weighted by atomic mass is 16.4. The topological polar surface area (TPSA) is 75.4 Å². The van der Waals surface area contributed by atoms with Crippen LogP contribution in [0.3, 0.4) is 0 Å². The smallest absolute Gasteiger partial charge is 0.335 e. The number of benzene rings is 2. The third-order valence-electron chi connectivity index (χ3n) is 7.42. The zero-order valence-corrected chi connectivity index (χ0v) is 20.3. The van der Waals surface area contributed by atoms with E-state index in [-0.39, 0.29) is 17.4 Å². The summed E-state index contributed by atoms with van der Waals surface area (Å²) in [7, 11) is 3.55. The van der Waals surface area contributed by atoms with E-state index in [1.54, 1.807) is 37.3 Å². The number of amides is 1. The van der Waals surface area contributed by atoms with Gasteiger partial charge in [0.2, 0.25) is 5.91 Å². The van der Waals surface area contributed by atoms with Gasteiger partial charge in [0.15, 0.2) is 0 Å². The van der Waals surface area contributed by atoms with Gasteiger partial charge in [0, 0.05) is 38.8 Å². The SMILES string of the molecule is CN(C)C(=O)CC1C(c2cccc(-n3cccn3)c2)=C(C2CCCCC2)c2ccc(C(=O)O)cc21. The fourth-order valence-corrected chi connectivity index (χ4v) is 5.71. The maximum Gasteiger partial charge on any atom is 0.335 e. The van der Waals surface area contributed by atoms with Crippen LogP contribution in [-0.2, 0) is 4.79 Å². The number of aromatic carboxylic acids is 1. The molecule has 2 aromatic carbocycles. The summed E-state index contributed by atoms with van der Waals surface area (Å²) in [5.41, 5.74) is 6.83. The lowest BCUT2D eigenvalue weighted by atomic mass is 9.79. The first-order valence-corrected chi connectivity index (χ1v) is 12.4. The Kier molecular flexibility index (Phi) is 6.29. The van der Waals surface area contributed by atoms with E-state index in [2.05, 4.69) is 17.2 Å². The number of fused-ring (bicyclic) bond motifs is 1. The Morgan fingerprint density at radius 2 is 1.83 bits per heavy atom. The van der Waals surface area contributed by atoms with Gasteiger partial charge in [0.1, 0.15) is 0 Å². The van der Waals surface area contributed by atoms with E-state index >= 15 is 0 Å². The van der Waals surface area contributed by atoms with E-state index in [0.29, 0.717) is 12.3 Å². The lowest BCUT2D eigenvalue weighted by Crippen LogP contribution is -2.23. The zero-order chi connectivity index (χ0) is 24.5. The minimum Gasteiger partial charge on any atom is -0.478 e. The number of hydrogen-bond donors (Lipinski definition) is 1. The summed E-state index contributed by atoms with van der Waals surface area (Å²) in [6.45, 7) is 0. The summed E-state index contributed by atoms with van der Waals surface area (Å²) in [4.78, 5) is 26.5. The van der Waals surface area contributed by atoms with Crippen molar-refractivity contribution in [2.75, 3.05) is 14.1 Å². The van der Waals surface area contributed by atoms with Gasteiger partial charge in [-0.05, 0) is 76.9 Å². The second-order valence-corrected chi connectivity index (χ2v) is 9.82. The number of carboxylic acid groups (broad SMARTS) is 1. The van der Waals surface area contributed by atoms with E-state index in [4.69, 9.17) is 0 Å². The number of hydrogen-bond acceptors (Lipinski definition) is 3. The van der Waals surface area contributed by atoms with Crippen LogP contribution in [0.4, 0.5) is 0 Å². The Balaban J connectivity index is 1.72. The number of rotatable bonds is 6. The third kappa shape index (κ3) is 4.41. The molecule has 1 amide bonds. The van der Waals surface area contributed by atoms with Crippen LogP contribution in [0, 0.1) is 5.92 Å². The summed E-state index contributed by atoms with van der Waals surface area (Å²) in [6, 6.07) is 15.7. The highest BCUT2D eigenvalue weighted by Gasteiger charge is 2.37. The molecule has 180 valence electrons. The summed E-state index contributed by atoms with van der Waals surface area (Å²) >= 11 is 0. The van der Waals surface area contributed by atoms with Crippen molar-refractivity contribution in [3.05, 3.63) is 83.2 Å². The molecule has 1 N–H and O–H groups in total. The molecule has 0 bridgehead atoms. The largest absolute Gasteiger partial charge is 0.478 e. The van der Waals surface area contributed by atoms with Crippen molar-refractivity contribution in [3.63, 3.8) is 0 Å². The maximum atomic E-state index is 13.0. The first-order chi connectivity index (χ1) is 16.9. The molecule has 1 atom stereocenters. The molecule has 3 aromatic rings. The molecule has 1 unspecified atom stereocenters. The molecule has 0 saturated heterocycles. The lowest BCUT2D eigenvalue weighted by Gasteiger charge is -2.26. The van der Waals surface area contributed by atoms with Gasteiger partial charge >= 0.3 is 5.97 Å². The summed E-state index contributed by atoms with van der Waals surface area (Å²) < 4.78 is 1.84. The molecule has 0 radical (unpaired) electrons. The lowest BCUT2D eigenvalue weighted by molar-refractivity contribution is -0.128. The van der Waals surface area contributed by atoms with Crippen LogP contribution in [0.1, 0.15) is 71.5 Å². The fourth-order valence-electron chi connectivity index (χ4n) is 5.71. The predicted molar refractivity (Wildman–Crippen MR) is 136 cm³/mol. The molecule has 6 nitrogen and oxygen atoms in total. The van der Waals surface area contributed by atoms with Crippen LogP contribution in [0.25, 0.3) is 16.8 Å². The summed E-state index contributed by atoms with van der Waals surface area (Å²) in [5.74, 6) is -0.698. The first-order valence-electron chi connectivity index (χ1n) is 12.4. The van der Waals surface area contributed by atoms with Crippen molar-refractivity contribution < 1.29 is 14.7 Å². The van der Waals surface area contributed by atoms with E-state index in [0.717, 1.165) is 35.2 Å². The molecular formula is C29H31N3O3. The maximum absolute atomic E-state index is 13.0. The zero-order valence-electron chi connectivity index (χ0n) is 20.3. The van der Waals surface area contributed by atoms with Gasteiger partial charge < -0.3 is 10.0 Å². The minimum atomic E-state index is -0.946. The van der Waals surface area contributed by atoms with Crippen molar-refractivity contribution in [2.24, 2.45) is 5.92 Å². The van der Waals surface area contributed by atoms with Gasteiger partial charge in [0.05, 0.1) is 11.3 Å². The molecular weight excluding hydrogens is 438 g/mol. The number of carbonyl (C=O) groups excluding carboxylic acids is 1. The Morgan fingerprint density at radius 1 is 1.03 bits per heavy atom. The molecule has 1 heterocycles. The van der Waals surface area contributed by atoms with E-state index in [9.17, 15) is 14.7 Å². The average molecular weight is 470 g/mol. The molecule has 6 heteroatoms. The van der Waals surface area contributed by atoms with Crippen LogP contribution in [0.2, 0.25) is 0 Å². The minimum absolute atomic E-state index is 0.0345. The second kappa shape index (κ2) is 9.53. The summed E-state index contributed by atoms with van der Waals surface area (Å²) in [5, 5.41) is 14.1. The highest BCUT2D eigenvalue weighted by molar-refractivity contribution is 6.03. The van der Waals surface area contributed by atoms with Crippen LogP contribution in [0.5, 0.6) is 0 Å². The Bertz CT molecular complexity index is 1280. The Hall–Kier alpha value is -3.67. The molecule has 1 fully saturated rings. The van der Waals surface area contributed by atoms with Gasteiger partial charge in [-0.3, -0.25) is 4.79 Å². The molecule has 0 spiro atoms.